The predicted octanol–water partition coefficient (Wildman–Crippen LogP) is 0.663. The van der Waals surface area contributed by atoms with Crippen LogP contribution < -0.4 is 0 Å². The minimum atomic E-state index is -1.27. The molecule has 1 fully saturated rings. The summed E-state index contributed by atoms with van der Waals surface area (Å²) in [6.07, 6.45) is -4.67. The Labute approximate surface area is 169 Å². The van der Waals surface area contributed by atoms with Gasteiger partial charge in [-0.25, -0.2) is 4.68 Å². The lowest BCUT2D eigenvalue weighted by Gasteiger charge is -2.40. The molecule has 0 bridgehead atoms. The highest BCUT2D eigenvalue weighted by molar-refractivity contribution is 5.84. The first-order valence-corrected chi connectivity index (χ1v) is 8.80. The fourth-order valence-corrected chi connectivity index (χ4v) is 3.22. The lowest BCUT2D eigenvalue weighted by atomic mass is 10.0. The van der Waals surface area contributed by atoms with E-state index in [-0.39, 0.29) is 23.3 Å². The summed E-state index contributed by atoms with van der Waals surface area (Å²) in [5, 5.41) is 19.0. The zero-order chi connectivity index (χ0) is 22.0. The molecule has 13 nitrogen and oxygen atoms in total. The van der Waals surface area contributed by atoms with E-state index in [2.05, 4.69) is 10.3 Å². The molecule has 0 spiro atoms. The number of ether oxygens (including phenoxy) is 4. The number of hydrogen-bond acceptors (Lipinski definition) is 11. The maximum absolute atomic E-state index is 11.7. The van der Waals surface area contributed by atoms with Gasteiger partial charge in [0.05, 0.1) is 17.0 Å². The molecule has 3 rings (SSSR count). The van der Waals surface area contributed by atoms with Crippen molar-refractivity contribution in [3.63, 3.8) is 0 Å². The number of esters is 3. The Morgan fingerprint density at radius 2 is 1.73 bits per heavy atom. The second-order valence-electron chi connectivity index (χ2n) is 6.46. The van der Waals surface area contributed by atoms with Crippen molar-refractivity contribution in [3.8, 4) is 0 Å². The molecule has 160 valence electrons. The second-order valence-corrected chi connectivity index (χ2v) is 6.46. The van der Waals surface area contributed by atoms with Gasteiger partial charge < -0.3 is 18.9 Å². The number of carbonyl (C=O) groups excluding carboxylic acids is 3. The summed E-state index contributed by atoms with van der Waals surface area (Å²) in [5.41, 5.74) is -0.0365. The molecule has 0 amide bonds. The first-order valence-electron chi connectivity index (χ1n) is 8.80. The maximum atomic E-state index is 11.7. The first-order chi connectivity index (χ1) is 14.2. The molecular weight excluding hydrogens is 404 g/mol. The zero-order valence-electron chi connectivity index (χ0n) is 16.2. The number of nitro groups is 1. The van der Waals surface area contributed by atoms with Gasteiger partial charge in [0.25, 0.3) is 5.69 Å². The SMILES string of the molecule is CC(=O)O[C@@H]1[C@@H](OC(C)=O)[C@@H](n2nnc3c([N+](=O)[O-])cccc32)OC[C@H]1OC(C)=O. The fourth-order valence-electron chi connectivity index (χ4n) is 3.22. The van der Waals surface area contributed by atoms with Crippen LogP contribution in [0.2, 0.25) is 0 Å². The van der Waals surface area contributed by atoms with Crippen LogP contribution in [0.1, 0.15) is 27.0 Å². The summed E-state index contributed by atoms with van der Waals surface area (Å²) >= 11 is 0. The van der Waals surface area contributed by atoms with Crippen molar-refractivity contribution < 1.29 is 38.3 Å². The van der Waals surface area contributed by atoms with Gasteiger partial charge in [-0.2, -0.15) is 0 Å². The van der Waals surface area contributed by atoms with Crippen molar-refractivity contribution in [2.24, 2.45) is 0 Å². The van der Waals surface area contributed by atoms with Gasteiger partial charge in [0, 0.05) is 26.8 Å². The largest absolute Gasteiger partial charge is 0.456 e. The molecule has 0 unspecified atom stereocenters. The Hall–Kier alpha value is -3.61. The number of fused-ring (bicyclic) bond motifs is 1. The van der Waals surface area contributed by atoms with Gasteiger partial charge >= 0.3 is 17.9 Å². The highest BCUT2D eigenvalue weighted by atomic mass is 16.6. The van der Waals surface area contributed by atoms with Crippen LogP contribution in [0.4, 0.5) is 5.69 Å². The third-order valence-electron chi connectivity index (χ3n) is 4.24. The highest BCUT2D eigenvalue weighted by Crippen LogP contribution is 2.33. The lowest BCUT2D eigenvalue weighted by Crippen LogP contribution is -2.55. The average Bonchev–Trinajstić information content (AvgIpc) is 3.07. The number of carbonyl (C=O) groups is 3. The summed E-state index contributed by atoms with van der Waals surface area (Å²) in [7, 11) is 0. The van der Waals surface area contributed by atoms with E-state index < -0.39 is 47.4 Å². The zero-order valence-corrected chi connectivity index (χ0v) is 16.2. The van der Waals surface area contributed by atoms with E-state index in [1.807, 2.05) is 0 Å². The molecule has 30 heavy (non-hydrogen) atoms. The molecule has 13 heteroatoms. The predicted molar refractivity (Wildman–Crippen MR) is 95.8 cm³/mol. The molecule has 1 aromatic heterocycles. The highest BCUT2D eigenvalue weighted by Gasteiger charge is 2.48. The Morgan fingerprint density at radius 3 is 2.33 bits per heavy atom. The molecule has 0 radical (unpaired) electrons. The van der Waals surface area contributed by atoms with Crippen LogP contribution in [0, 0.1) is 10.1 Å². The van der Waals surface area contributed by atoms with Crippen molar-refractivity contribution >= 4 is 34.6 Å². The summed E-state index contributed by atoms with van der Waals surface area (Å²) in [5.74, 6) is -2.07. The van der Waals surface area contributed by atoms with Gasteiger partial charge in [0.1, 0.15) is 0 Å². The maximum Gasteiger partial charge on any atom is 0.303 e. The van der Waals surface area contributed by atoms with Crippen molar-refractivity contribution in [1.29, 1.82) is 0 Å². The number of nitro benzene ring substituents is 1. The van der Waals surface area contributed by atoms with E-state index in [0.29, 0.717) is 0 Å². The van der Waals surface area contributed by atoms with Gasteiger partial charge in [-0.15, -0.1) is 5.10 Å². The third-order valence-corrected chi connectivity index (χ3v) is 4.24. The van der Waals surface area contributed by atoms with E-state index in [0.717, 1.165) is 13.8 Å². The molecule has 2 heterocycles. The minimum absolute atomic E-state index is 0.00109. The summed E-state index contributed by atoms with van der Waals surface area (Å²) in [6.45, 7) is 3.24. The molecule has 0 saturated carbocycles. The van der Waals surface area contributed by atoms with Crippen LogP contribution in [0.25, 0.3) is 11.0 Å². The molecule has 0 N–H and O–H groups in total. The molecule has 1 saturated heterocycles. The summed E-state index contributed by atoms with van der Waals surface area (Å²) in [4.78, 5) is 45.5. The van der Waals surface area contributed by atoms with Crippen LogP contribution in [-0.4, -0.2) is 62.7 Å². The van der Waals surface area contributed by atoms with E-state index in [1.165, 1.54) is 29.8 Å². The number of non-ortho nitro benzene ring substituents is 1. The van der Waals surface area contributed by atoms with Gasteiger partial charge in [-0.05, 0) is 6.07 Å². The molecule has 1 aliphatic rings. The van der Waals surface area contributed by atoms with Crippen LogP contribution in [0.15, 0.2) is 18.2 Å². The molecule has 0 aliphatic carbocycles. The van der Waals surface area contributed by atoms with E-state index in [9.17, 15) is 24.5 Å². The van der Waals surface area contributed by atoms with Crippen molar-refractivity contribution in [1.82, 2.24) is 15.0 Å². The van der Waals surface area contributed by atoms with Crippen LogP contribution >= 0.6 is 0 Å². The van der Waals surface area contributed by atoms with Gasteiger partial charge in [0.15, 0.2) is 30.1 Å². The average molecular weight is 422 g/mol. The Bertz CT molecular complexity index is 1000. The van der Waals surface area contributed by atoms with Crippen molar-refractivity contribution in [2.45, 2.75) is 45.3 Å². The monoisotopic (exact) mass is 422 g/mol. The standard InChI is InChI=1S/C17H18N4O9/c1-8(22)28-13-7-27-17(16(30-10(3)24)15(13)29-9(2)23)20-11-5-4-6-12(21(25)26)14(11)18-19-20/h4-6,13,15-17H,7H2,1-3H3/t13-,15+,16-,17+/m1/s1. The van der Waals surface area contributed by atoms with Crippen LogP contribution in [-0.2, 0) is 33.3 Å². The van der Waals surface area contributed by atoms with Crippen molar-refractivity contribution in [3.05, 3.63) is 28.3 Å². The van der Waals surface area contributed by atoms with Gasteiger partial charge in [-0.3, -0.25) is 24.5 Å². The third kappa shape index (κ3) is 4.20. The second kappa shape index (κ2) is 8.41. The summed E-state index contributed by atoms with van der Waals surface area (Å²) in [6, 6.07) is 4.23. The fraction of sp³-hybridized carbons (Fsp3) is 0.471. The van der Waals surface area contributed by atoms with Crippen LogP contribution in [0.3, 0.4) is 0 Å². The van der Waals surface area contributed by atoms with E-state index in [1.54, 1.807) is 0 Å². The lowest BCUT2D eigenvalue weighted by molar-refractivity contribution is -0.383. The Kier molecular flexibility index (Phi) is 5.91. The minimum Gasteiger partial charge on any atom is -0.456 e. The Morgan fingerprint density at radius 1 is 1.10 bits per heavy atom. The van der Waals surface area contributed by atoms with Crippen molar-refractivity contribution in [2.75, 3.05) is 6.61 Å². The smallest absolute Gasteiger partial charge is 0.303 e. The number of nitrogens with zero attached hydrogens (tertiary/aromatic N) is 4. The normalized spacial score (nSPS) is 23.6. The number of hydrogen-bond donors (Lipinski definition) is 0. The Balaban J connectivity index is 2.07. The number of aromatic nitrogens is 3. The first kappa shape index (κ1) is 21.1. The molecule has 1 aliphatic heterocycles. The number of benzene rings is 1. The van der Waals surface area contributed by atoms with Crippen LogP contribution in [0.5, 0.6) is 0 Å². The quantitative estimate of drug-likeness (QED) is 0.288. The topological polar surface area (TPSA) is 162 Å². The summed E-state index contributed by atoms with van der Waals surface area (Å²) < 4.78 is 22.7. The molecular formula is C17H18N4O9. The molecule has 4 atom stereocenters. The van der Waals surface area contributed by atoms with E-state index in [4.69, 9.17) is 18.9 Å². The van der Waals surface area contributed by atoms with E-state index >= 15 is 0 Å². The van der Waals surface area contributed by atoms with Gasteiger partial charge in [0.2, 0.25) is 0 Å². The molecule has 2 aromatic rings. The molecule has 1 aromatic carbocycles. The van der Waals surface area contributed by atoms with Gasteiger partial charge in [-0.1, -0.05) is 11.3 Å². The number of rotatable bonds is 5.